The van der Waals surface area contributed by atoms with Crippen LogP contribution in [0.4, 0.5) is 4.39 Å². The fourth-order valence-corrected chi connectivity index (χ4v) is 5.81. The number of hydrogen-bond donors (Lipinski definition) is 1. The Morgan fingerprint density at radius 3 is 2.46 bits per heavy atom. The molecule has 1 atom stereocenters. The number of amides is 2. The molecule has 2 amide bonds. The summed E-state index contributed by atoms with van der Waals surface area (Å²) in [5.41, 5.74) is 0.776. The van der Waals surface area contributed by atoms with Crippen LogP contribution in [0.3, 0.4) is 0 Å². The molecule has 3 aliphatic rings. The van der Waals surface area contributed by atoms with Crippen molar-refractivity contribution in [1.29, 1.82) is 0 Å². The zero-order valence-electron chi connectivity index (χ0n) is 20.1. The van der Waals surface area contributed by atoms with Crippen molar-refractivity contribution in [3.05, 3.63) is 71.5 Å². The Bertz CT molecular complexity index is 1030. The van der Waals surface area contributed by atoms with Crippen LogP contribution in [0, 0.1) is 5.82 Å². The number of carbonyl (C=O) groups excluding carboxylic acids is 2. The van der Waals surface area contributed by atoms with Gasteiger partial charge in [-0.05, 0) is 62.3 Å². The Labute approximate surface area is 206 Å². The number of ether oxygens (including phenoxy) is 1. The van der Waals surface area contributed by atoms with E-state index in [2.05, 4.69) is 34.5 Å². The summed E-state index contributed by atoms with van der Waals surface area (Å²) in [4.78, 5) is 31.1. The minimum absolute atomic E-state index is 0.0727. The first-order chi connectivity index (χ1) is 17.0. The quantitative estimate of drug-likeness (QED) is 0.701. The minimum atomic E-state index is -0.775. The second-order valence-corrected chi connectivity index (χ2v) is 10.1. The van der Waals surface area contributed by atoms with Crippen molar-refractivity contribution >= 4 is 11.8 Å². The molecule has 35 heavy (non-hydrogen) atoms. The molecule has 1 aliphatic carbocycles. The molecule has 2 aromatic carbocycles. The van der Waals surface area contributed by atoms with E-state index >= 15 is 0 Å². The molecule has 0 radical (unpaired) electrons. The van der Waals surface area contributed by atoms with Gasteiger partial charge in [-0.25, -0.2) is 4.39 Å². The van der Waals surface area contributed by atoms with Crippen molar-refractivity contribution in [3.8, 4) is 0 Å². The summed E-state index contributed by atoms with van der Waals surface area (Å²) in [6, 6.07) is 15.5. The predicted octanol–water partition coefficient (Wildman–Crippen LogP) is 4.11. The van der Waals surface area contributed by atoms with E-state index in [-0.39, 0.29) is 30.0 Å². The summed E-state index contributed by atoms with van der Waals surface area (Å²) in [7, 11) is 0. The molecule has 1 N–H and O–H groups in total. The fraction of sp³-hybridized carbons (Fsp3) is 0.500. The maximum absolute atomic E-state index is 13.9. The van der Waals surface area contributed by atoms with Crippen LogP contribution in [0.5, 0.6) is 0 Å². The molecule has 2 heterocycles. The molecule has 5 rings (SSSR count). The Morgan fingerprint density at radius 1 is 1.00 bits per heavy atom. The van der Waals surface area contributed by atoms with Gasteiger partial charge in [0.1, 0.15) is 17.6 Å². The van der Waals surface area contributed by atoms with Crippen molar-refractivity contribution in [1.82, 2.24) is 15.1 Å². The highest BCUT2D eigenvalue weighted by Gasteiger charge is 2.53. The maximum atomic E-state index is 13.9. The van der Waals surface area contributed by atoms with E-state index in [0.717, 1.165) is 51.7 Å². The number of nitrogens with zero attached hydrogens (tertiary/aromatic N) is 2. The van der Waals surface area contributed by atoms with Crippen LogP contribution in [-0.4, -0.2) is 59.1 Å². The van der Waals surface area contributed by atoms with Gasteiger partial charge in [0.05, 0.1) is 6.61 Å². The topological polar surface area (TPSA) is 61.9 Å². The fourth-order valence-electron chi connectivity index (χ4n) is 5.81. The molecule has 0 unspecified atom stereocenters. The third-order valence-corrected chi connectivity index (χ3v) is 7.67. The zero-order valence-corrected chi connectivity index (χ0v) is 20.1. The first kappa shape index (κ1) is 23.9. The summed E-state index contributed by atoms with van der Waals surface area (Å²) in [6.07, 6.45) is 6.13. The number of likely N-dealkylation sites (tertiary alicyclic amines) is 1. The highest BCUT2D eigenvalue weighted by molar-refractivity contribution is 5.98. The molecule has 2 saturated heterocycles. The summed E-state index contributed by atoms with van der Waals surface area (Å²) >= 11 is 0. The van der Waals surface area contributed by atoms with Gasteiger partial charge in [0.25, 0.3) is 5.91 Å². The third kappa shape index (κ3) is 5.26. The largest absolute Gasteiger partial charge is 0.353 e. The smallest absolute Gasteiger partial charge is 0.256 e. The Balaban J connectivity index is 1.25. The normalized spacial score (nSPS) is 22.9. The Morgan fingerprint density at radius 2 is 1.74 bits per heavy atom. The van der Waals surface area contributed by atoms with Crippen LogP contribution in [0.25, 0.3) is 0 Å². The zero-order chi connectivity index (χ0) is 24.3. The van der Waals surface area contributed by atoms with Gasteiger partial charge in [-0.1, -0.05) is 42.8 Å². The SMILES string of the molecule is O=C(NC1CCN(Cc2ccccc2)CC1)[C@@H]1COC2(CCCCC2)N1C(=O)c1cccc(F)c1. The lowest BCUT2D eigenvalue weighted by Gasteiger charge is -2.41. The van der Waals surface area contributed by atoms with Gasteiger partial charge < -0.3 is 10.1 Å². The number of benzene rings is 2. The molecule has 7 heteroatoms. The molecule has 186 valence electrons. The second kappa shape index (κ2) is 10.5. The van der Waals surface area contributed by atoms with Crippen molar-refractivity contribution in [3.63, 3.8) is 0 Å². The first-order valence-electron chi connectivity index (χ1n) is 12.8. The summed E-state index contributed by atoms with van der Waals surface area (Å²) in [6.45, 7) is 2.92. The number of piperidine rings is 1. The lowest BCUT2D eigenvalue weighted by atomic mass is 9.89. The molecule has 6 nitrogen and oxygen atoms in total. The van der Waals surface area contributed by atoms with Crippen molar-refractivity contribution in [2.45, 2.75) is 69.3 Å². The third-order valence-electron chi connectivity index (χ3n) is 7.67. The van der Waals surface area contributed by atoms with Gasteiger partial charge in [0.15, 0.2) is 0 Å². The Kier molecular flexibility index (Phi) is 7.16. The van der Waals surface area contributed by atoms with Crippen LogP contribution in [-0.2, 0) is 16.1 Å². The van der Waals surface area contributed by atoms with Crippen LogP contribution in [0.1, 0.15) is 60.9 Å². The van der Waals surface area contributed by atoms with Gasteiger partial charge in [0.2, 0.25) is 5.91 Å². The highest BCUT2D eigenvalue weighted by atomic mass is 19.1. The molecule has 1 saturated carbocycles. The molecule has 0 aromatic heterocycles. The lowest BCUT2D eigenvalue weighted by Crippen LogP contribution is -2.58. The van der Waals surface area contributed by atoms with E-state index in [0.29, 0.717) is 12.8 Å². The summed E-state index contributed by atoms with van der Waals surface area (Å²) < 4.78 is 20.1. The first-order valence-corrected chi connectivity index (χ1v) is 12.8. The van der Waals surface area contributed by atoms with Gasteiger partial charge in [-0.2, -0.15) is 0 Å². The van der Waals surface area contributed by atoms with Crippen LogP contribution in [0.2, 0.25) is 0 Å². The van der Waals surface area contributed by atoms with Crippen molar-refractivity contribution in [2.75, 3.05) is 19.7 Å². The van der Waals surface area contributed by atoms with E-state index in [4.69, 9.17) is 4.74 Å². The predicted molar refractivity (Wildman–Crippen MR) is 131 cm³/mol. The van der Waals surface area contributed by atoms with E-state index in [1.807, 2.05) is 6.07 Å². The number of hydrogen-bond acceptors (Lipinski definition) is 4. The molecule has 1 spiro atoms. The molecule has 2 aliphatic heterocycles. The lowest BCUT2D eigenvalue weighted by molar-refractivity contribution is -0.128. The van der Waals surface area contributed by atoms with E-state index < -0.39 is 17.6 Å². The summed E-state index contributed by atoms with van der Waals surface area (Å²) in [5.74, 6) is -0.961. The van der Waals surface area contributed by atoms with E-state index in [1.165, 1.54) is 23.8 Å². The number of nitrogens with one attached hydrogen (secondary N) is 1. The van der Waals surface area contributed by atoms with E-state index in [9.17, 15) is 14.0 Å². The van der Waals surface area contributed by atoms with E-state index in [1.54, 1.807) is 11.0 Å². The second-order valence-electron chi connectivity index (χ2n) is 10.1. The monoisotopic (exact) mass is 479 g/mol. The average molecular weight is 480 g/mol. The number of halogens is 1. The molecular formula is C28H34FN3O3. The standard InChI is InChI=1S/C28H34FN3O3/c29-23-11-7-10-22(18-23)27(34)32-25(20-35-28(32)14-5-2-6-15-28)26(33)30-24-12-16-31(17-13-24)19-21-8-3-1-4-9-21/h1,3-4,7-11,18,24-25H,2,5-6,12-17,19-20H2,(H,30,33)/t25-/m0/s1. The minimum Gasteiger partial charge on any atom is -0.353 e. The van der Waals surface area contributed by atoms with Gasteiger partial charge >= 0.3 is 0 Å². The molecule has 0 bridgehead atoms. The summed E-state index contributed by atoms with van der Waals surface area (Å²) in [5, 5.41) is 3.20. The average Bonchev–Trinajstić information content (AvgIpc) is 3.24. The maximum Gasteiger partial charge on any atom is 0.256 e. The highest BCUT2D eigenvalue weighted by Crippen LogP contribution is 2.41. The number of rotatable bonds is 5. The van der Waals surface area contributed by atoms with Crippen molar-refractivity contribution in [2.24, 2.45) is 0 Å². The van der Waals surface area contributed by atoms with Gasteiger partial charge in [0, 0.05) is 31.2 Å². The van der Waals surface area contributed by atoms with Crippen LogP contribution >= 0.6 is 0 Å². The van der Waals surface area contributed by atoms with Crippen LogP contribution < -0.4 is 5.32 Å². The van der Waals surface area contributed by atoms with Gasteiger partial charge in [-0.3, -0.25) is 19.4 Å². The van der Waals surface area contributed by atoms with Crippen LogP contribution in [0.15, 0.2) is 54.6 Å². The van der Waals surface area contributed by atoms with Gasteiger partial charge in [-0.15, -0.1) is 0 Å². The molecular weight excluding hydrogens is 445 g/mol. The number of carbonyl (C=O) groups is 2. The Hall–Kier alpha value is -2.77. The molecule has 2 aromatic rings. The molecule has 3 fully saturated rings. The van der Waals surface area contributed by atoms with Crippen molar-refractivity contribution < 1.29 is 18.7 Å².